The second kappa shape index (κ2) is 2.90. The van der Waals surface area contributed by atoms with Crippen molar-refractivity contribution in [2.24, 2.45) is 10.7 Å². The third kappa shape index (κ3) is 1.50. The van der Waals surface area contributed by atoms with Gasteiger partial charge in [-0.05, 0) is 13.8 Å². The van der Waals surface area contributed by atoms with Crippen LogP contribution in [-0.2, 0) is 4.79 Å². The Kier molecular flexibility index (Phi) is 2.12. The molecule has 1 aliphatic rings. The molecule has 0 aromatic carbocycles. The monoisotopic (exact) mass is 155 g/mol. The van der Waals surface area contributed by atoms with Gasteiger partial charge in [0.05, 0.1) is 6.04 Å². The van der Waals surface area contributed by atoms with Crippen LogP contribution in [-0.4, -0.2) is 35.8 Å². The van der Waals surface area contributed by atoms with E-state index in [4.69, 9.17) is 5.73 Å². The van der Waals surface area contributed by atoms with E-state index in [1.54, 1.807) is 4.90 Å². The lowest BCUT2D eigenvalue weighted by atomic mass is 10.2. The van der Waals surface area contributed by atoms with Crippen LogP contribution in [0.2, 0.25) is 0 Å². The van der Waals surface area contributed by atoms with E-state index < -0.39 is 0 Å². The summed E-state index contributed by atoms with van der Waals surface area (Å²) in [5.74, 6) is 0.0104. The zero-order chi connectivity index (χ0) is 8.43. The van der Waals surface area contributed by atoms with Crippen molar-refractivity contribution < 1.29 is 4.79 Å². The summed E-state index contributed by atoms with van der Waals surface area (Å²) in [7, 11) is 0. The number of carbonyl (C=O) groups is 1. The molecule has 4 nitrogen and oxygen atoms in total. The number of amides is 1. The van der Waals surface area contributed by atoms with Gasteiger partial charge in [0, 0.05) is 13.1 Å². The molecule has 0 radical (unpaired) electrons. The predicted octanol–water partition coefficient (Wildman–Crippen LogP) is -0.406. The van der Waals surface area contributed by atoms with E-state index in [1.165, 1.54) is 0 Å². The van der Waals surface area contributed by atoms with Crippen LogP contribution in [0.3, 0.4) is 0 Å². The van der Waals surface area contributed by atoms with Gasteiger partial charge in [0.2, 0.25) is 0 Å². The summed E-state index contributed by atoms with van der Waals surface area (Å²) >= 11 is 0. The lowest BCUT2D eigenvalue weighted by molar-refractivity contribution is -0.124. The van der Waals surface area contributed by atoms with E-state index in [9.17, 15) is 4.79 Å². The molecule has 4 heteroatoms. The Balaban J connectivity index is 2.77. The first kappa shape index (κ1) is 8.04. The lowest BCUT2D eigenvalue weighted by Gasteiger charge is -2.26. The second-order valence-electron chi connectivity index (χ2n) is 2.71. The van der Waals surface area contributed by atoms with E-state index in [0.29, 0.717) is 13.1 Å². The molecule has 0 aromatic rings. The molecule has 0 saturated heterocycles. The van der Waals surface area contributed by atoms with Crippen LogP contribution >= 0.6 is 0 Å². The zero-order valence-electron chi connectivity index (χ0n) is 6.87. The summed E-state index contributed by atoms with van der Waals surface area (Å²) in [6.45, 7) is 5.28. The Bertz CT molecular complexity index is 200. The molecule has 0 saturated carbocycles. The number of hydrogen-bond donors (Lipinski definition) is 1. The van der Waals surface area contributed by atoms with Gasteiger partial charge in [-0.1, -0.05) is 0 Å². The number of nitrogens with two attached hydrogens (primary N) is 1. The highest BCUT2D eigenvalue weighted by Gasteiger charge is 2.22. The number of nitrogens with zero attached hydrogens (tertiary/aromatic N) is 2. The summed E-state index contributed by atoms with van der Waals surface area (Å²) in [4.78, 5) is 16.8. The highest BCUT2D eigenvalue weighted by atomic mass is 16.2. The summed E-state index contributed by atoms with van der Waals surface area (Å²) in [5, 5.41) is 0. The fraction of sp³-hybridized carbons (Fsp3) is 0.714. The Morgan fingerprint density at radius 1 is 1.82 bits per heavy atom. The molecular weight excluding hydrogens is 142 g/mol. The predicted molar refractivity (Wildman–Crippen MR) is 43.3 cm³/mol. The summed E-state index contributed by atoms with van der Waals surface area (Å²) < 4.78 is 0. The molecule has 0 fully saturated rings. The largest absolute Gasteiger partial charge is 0.379 e. The summed E-state index contributed by atoms with van der Waals surface area (Å²) in [6, 6.07) is 0.146. The van der Waals surface area contributed by atoms with Gasteiger partial charge < -0.3 is 10.6 Å². The minimum absolute atomic E-state index is 0.134. The molecule has 1 amide bonds. The molecule has 1 unspecified atom stereocenters. The van der Waals surface area contributed by atoms with Crippen molar-refractivity contribution >= 4 is 11.7 Å². The van der Waals surface area contributed by atoms with Gasteiger partial charge >= 0.3 is 0 Å². The van der Waals surface area contributed by atoms with E-state index >= 15 is 0 Å². The Morgan fingerprint density at radius 3 is 3.00 bits per heavy atom. The highest BCUT2D eigenvalue weighted by molar-refractivity contribution is 6.37. The first-order chi connectivity index (χ1) is 5.15. The maximum Gasteiger partial charge on any atom is 0.288 e. The second-order valence-corrected chi connectivity index (χ2v) is 2.71. The van der Waals surface area contributed by atoms with Gasteiger partial charge in [-0.25, -0.2) is 0 Å². The van der Waals surface area contributed by atoms with Crippen molar-refractivity contribution in [3.63, 3.8) is 0 Å². The first-order valence-electron chi connectivity index (χ1n) is 3.77. The van der Waals surface area contributed by atoms with Crippen molar-refractivity contribution in [1.82, 2.24) is 4.90 Å². The number of likely N-dealkylation sites (N-methyl/N-ethyl adjacent to an activating group) is 1. The van der Waals surface area contributed by atoms with Crippen molar-refractivity contribution in [2.45, 2.75) is 19.9 Å². The van der Waals surface area contributed by atoms with Crippen molar-refractivity contribution in [3.05, 3.63) is 0 Å². The van der Waals surface area contributed by atoms with Crippen LogP contribution < -0.4 is 5.73 Å². The molecule has 1 atom stereocenters. The molecule has 0 aliphatic carbocycles. The number of hydrogen-bond acceptors (Lipinski definition) is 3. The van der Waals surface area contributed by atoms with Crippen LogP contribution in [0.4, 0.5) is 0 Å². The van der Waals surface area contributed by atoms with Gasteiger partial charge in [0.25, 0.3) is 5.91 Å². The van der Waals surface area contributed by atoms with Crippen molar-refractivity contribution in [1.29, 1.82) is 0 Å². The molecular formula is C7H13N3O. The normalized spacial score (nSPS) is 25.3. The Labute approximate surface area is 66.1 Å². The molecule has 1 rings (SSSR count). The van der Waals surface area contributed by atoms with Gasteiger partial charge in [-0.2, -0.15) is 0 Å². The fourth-order valence-corrected chi connectivity index (χ4v) is 1.17. The van der Waals surface area contributed by atoms with Crippen LogP contribution in [0.5, 0.6) is 0 Å². The molecule has 0 aromatic heterocycles. The zero-order valence-corrected chi connectivity index (χ0v) is 6.87. The maximum atomic E-state index is 11.2. The van der Waals surface area contributed by atoms with Crippen LogP contribution in [0.15, 0.2) is 4.99 Å². The van der Waals surface area contributed by atoms with E-state index in [0.717, 1.165) is 0 Å². The molecule has 11 heavy (non-hydrogen) atoms. The third-order valence-electron chi connectivity index (χ3n) is 1.73. The topological polar surface area (TPSA) is 58.7 Å². The van der Waals surface area contributed by atoms with Crippen molar-refractivity contribution in [2.75, 3.05) is 13.1 Å². The first-order valence-corrected chi connectivity index (χ1v) is 3.77. The summed E-state index contributed by atoms with van der Waals surface area (Å²) in [6.07, 6.45) is 0. The maximum absolute atomic E-state index is 11.2. The van der Waals surface area contributed by atoms with Crippen molar-refractivity contribution in [3.8, 4) is 0 Å². The van der Waals surface area contributed by atoms with Gasteiger partial charge in [-0.3, -0.25) is 9.79 Å². The number of amidine groups is 1. The van der Waals surface area contributed by atoms with E-state index in [-0.39, 0.29) is 17.8 Å². The standard InChI is InChI=1S/C7H13N3O/c1-3-10-4-5(2)9-6(8)7(10)11/h5H,3-4H2,1-2H3,(H2,8,9). The Morgan fingerprint density at radius 2 is 2.45 bits per heavy atom. The molecule has 62 valence electrons. The quantitative estimate of drug-likeness (QED) is 0.560. The smallest absolute Gasteiger partial charge is 0.288 e. The summed E-state index contributed by atoms with van der Waals surface area (Å²) in [5.41, 5.74) is 5.39. The number of carbonyl (C=O) groups excluding carboxylic acids is 1. The van der Waals surface area contributed by atoms with E-state index in [1.807, 2.05) is 13.8 Å². The van der Waals surface area contributed by atoms with Gasteiger partial charge in [0.1, 0.15) is 0 Å². The molecule has 1 aliphatic heterocycles. The van der Waals surface area contributed by atoms with Gasteiger partial charge in [-0.15, -0.1) is 0 Å². The van der Waals surface area contributed by atoms with Crippen LogP contribution in [0.1, 0.15) is 13.8 Å². The molecule has 0 bridgehead atoms. The van der Waals surface area contributed by atoms with E-state index in [2.05, 4.69) is 4.99 Å². The minimum atomic E-state index is -0.134. The third-order valence-corrected chi connectivity index (χ3v) is 1.73. The average Bonchev–Trinajstić information content (AvgIpc) is 1.96. The van der Waals surface area contributed by atoms with Crippen LogP contribution in [0.25, 0.3) is 0 Å². The fourth-order valence-electron chi connectivity index (χ4n) is 1.17. The Hall–Kier alpha value is -1.06. The van der Waals surface area contributed by atoms with Crippen LogP contribution in [0, 0.1) is 0 Å². The molecule has 0 spiro atoms. The molecule has 2 N–H and O–H groups in total. The molecule has 1 heterocycles. The minimum Gasteiger partial charge on any atom is -0.379 e. The SMILES string of the molecule is CCN1CC(C)N=C(N)C1=O. The van der Waals surface area contributed by atoms with Gasteiger partial charge in [0.15, 0.2) is 5.84 Å². The highest BCUT2D eigenvalue weighted by Crippen LogP contribution is 2.03. The number of aliphatic imine (C=N–C) groups is 1. The lowest BCUT2D eigenvalue weighted by Crippen LogP contribution is -2.47. The average molecular weight is 155 g/mol. The number of rotatable bonds is 1.